The largest absolute Gasteiger partial charge is 0.481 e. The molecule has 3 amide bonds. The summed E-state index contributed by atoms with van der Waals surface area (Å²) < 4.78 is 18.7. The number of amides is 3. The van der Waals surface area contributed by atoms with E-state index in [0.717, 1.165) is 0 Å². The minimum absolute atomic E-state index is 0.0183. The van der Waals surface area contributed by atoms with Crippen molar-refractivity contribution in [2.24, 2.45) is 5.92 Å². The molecule has 8 heteroatoms. The number of hydrogen-bond acceptors (Lipinski definition) is 4. The first-order valence-electron chi connectivity index (χ1n) is 8.76. The fourth-order valence-corrected chi connectivity index (χ4v) is 2.76. The third kappa shape index (κ3) is 4.85. The van der Waals surface area contributed by atoms with Crippen molar-refractivity contribution >= 4 is 29.1 Å². The Hall–Kier alpha value is -3.42. The average Bonchev–Trinajstić information content (AvgIpc) is 2.59. The molecule has 1 aliphatic rings. The summed E-state index contributed by atoms with van der Waals surface area (Å²) in [6, 6.07) is 12.7. The van der Waals surface area contributed by atoms with Crippen molar-refractivity contribution < 1.29 is 23.5 Å². The van der Waals surface area contributed by atoms with Gasteiger partial charge in [-0.1, -0.05) is 18.2 Å². The molecular weight excluding hydrogens is 365 g/mol. The van der Waals surface area contributed by atoms with Crippen LogP contribution in [0, 0.1) is 11.7 Å². The van der Waals surface area contributed by atoms with Gasteiger partial charge in [0.05, 0.1) is 5.92 Å². The SMILES string of the molecule is CC(=O)Nc1cccc(NC(=O)C2CN(C(=O)COc3ccccc3F)C2)c1. The average molecular weight is 385 g/mol. The fourth-order valence-electron chi connectivity index (χ4n) is 2.76. The maximum Gasteiger partial charge on any atom is 0.260 e. The number of hydrogen-bond donors (Lipinski definition) is 2. The van der Waals surface area contributed by atoms with Crippen LogP contribution in [0.3, 0.4) is 0 Å². The lowest BCUT2D eigenvalue weighted by atomic mass is 9.99. The van der Waals surface area contributed by atoms with Gasteiger partial charge in [-0.15, -0.1) is 0 Å². The number of ether oxygens (including phenoxy) is 1. The molecule has 3 rings (SSSR count). The van der Waals surface area contributed by atoms with Crippen LogP contribution in [0.1, 0.15) is 6.92 Å². The Bertz CT molecular complexity index is 897. The molecule has 0 aliphatic carbocycles. The molecule has 28 heavy (non-hydrogen) atoms. The number of nitrogens with zero attached hydrogens (tertiary/aromatic N) is 1. The van der Waals surface area contributed by atoms with Gasteiger partial charge < -0.3 is 20.3 Å². The minimum atomic E-state index is -0.530. The summed E-state index contributed by atoms with van der Waals surface area (Å²) in [6.45, 7) is 1.67. The molecule has 146 valence electrons. The Morgan fingerprint density at radius 1 is 1.07 bits per heavy atom. The highest BCUT2D eigenvalue weighted by Crippen LogP contribution is 2.21. The highest BCUT2D eigenvalue weighted by molar-refractivity contribution is 5.96. The van der Waals surface area contributed by atoms with Crippen molar-refractivity contribution in [1.29, 1.82) is 0 Å². The van der Waals surface area contributed by atoms with Gasteiger partial charge >= 0.3 is 0 Å². The Morgan fingerprint density at radius 2 is 1.75 bits per heavy atom. The van der Waals surface area contributed by atoms with E-state index in [2.05, 4.69) is 10.6 Å². The molecule has 2 aromatic carbocycles. The smallest absolute Gasteiger partial charge is 0.260 e. The highest BCUT2D eigenvalue weighted by Gasteiger charge is 2.35. The maximum atomic E-state index is 13.5. The van der Waals surface area contributed by atoms with Crippen LogP contribution in [-0.4, -0.2) is 42.3 Å². The zero-order valence-corrected chi connectivity index (χ0v) is 15.3. The second-order valence-corrected chi connectivity index (χ2v) is 6.47. The van der Waals surface area contributed by atoms with Gasteiger partial charge in [0.15, 0.2) is 18.2 Å². The molecule has 1 heterocycles. The number of nitrogens with one attached hydrogen (secondary N) is 2. The topological polar surface area (TPSA) is 87.7 Å². The molecule has 0 spiro atoms. The zero-order chi connectivity index (χ0) is 20.1. The van der Waals surface area contributed by atoms with E-state index in [1.807, 2.05) is 0 Å². The molecule has 1 fully saturated rings. The quantitative estimate of drug-likeness (QED) is 0.799. The van der Waals surface area contributed by atoms with E-state index in [1.54, 1.807) is 30.3 Å². The second-order valence-electron chi connectivity index (χ2n) is 6.47. The number of carbonyl (C=O) groups is 3. The number of benzene rings is 2. The van der Waals surface area contributed by atoms with E-state index in [1.165, 1.54) is 30.0 Å². The summed E-state index contributed by atoms with van der Waals surface area (Å²) in [4.78, 5) is 37.0. The lowest BCUT2D eigenvalue weighted by Crippen LogP contribution is -2.55. The number of rotatable bonds is 6. The van der Waals surface area contributed by atoms with Crippen LogP contribution in [0.15, 0.2) is 48.5 Å². The van der Waals surface area contributed by atoms with Gasteiger partial charge in [0, 0.05) is 31.4 Å². The molecule has 0 unspecified atom stereocenters. The summed E-state index contributed by atoms with van der Waals surface area (Å²) in [5.74, 6) is -1.56. The Balaban J connectivity index is 1.45. The van der Waals surface area contributed by atoms with Crippen LogP contribution in [0.2, 0.25) is 0 Å². The first-order valence-corrected chi connectivity index (χ1v) is 8.76. The summed E-state index contributed by atoms with van der Waals surface area (Å²) in [5.41, 5.74) is 1.14. The molecule has 0 saturated carbocycles. The Labute approximate surface area is 161 Å². The predicted molar refractivity (Wildman–Crippen MR) is 101 cm³/mol. The molecule has 2 N–H and O–H groups in total. The molecule has 2 aromatic rings. The number of likely N-dealkylation sites (tertiary alicyclic amines) is 1. The van der Waals surface area contributed by atoms with Crippen LogP contribution in [0.5, 0.6) is 5.75 Å². The van der Waals surface area contributed by atoms with Crippen molar-refractivity contribution in [3.63, 3.8) is 0 Å². The van der Waals surface area contributed by atoms with Gasteiger partial charge in [-0.2, -0.15) is 0 Å². The van der Waals surface area contributed by atoms with Crippen LogP contribution in [0.25, 0.3) is 0 Å². The number of carbonyl (C=O) groups excluding carboxylic acids is 3. The van der Waals surface area contributed by atoms with E-state index in [0.29, 0.717) is 11.4 Å². The Kier molecular flexibility index (Phi) is 5.88. The van der Waals surface area contributed by atoms with Crippen molar-refractivity contribution in [2.75, 3.05) is 30.3 Å². The number of para-hydroxylation sites is 1. The molecule has 0 atom stereocenters. The maximum absolute atomic E-state index is 13.5. The van der Waals surface area contributed by atoms with Crippen molar-refractivity contribution in [3.05, 3.63) is 54.3 Å². The molecule has 7 nitrogen and oxygen atoms in total. The second kappa shape index (κ2) is 8.51. The third-order valence-corrected chi connectivity index (χ3v) is 4.24. The van der Waals surface area contributed by atoms with E-state index in [9.17, 15) is 18.8 Å². The number of halogens is 1. The normalized spacial score (nSPS) is 13.4. The first kappa shape index (κ1) is 19.3. The van der Waals surface area contributed by atoms with Crippen LogP contribution >= 0.6 is 0 Å². The Morgan fingerprint density at radius 3 is 2.43 bits per heavy atom. The van der Waals surface area contributed by atoms with Crippen molar-refractivity contribution in [1.82, 2.24) is 4.90 Å². The van der Waals surface area contributed by atoms with E-state index in [4.69, 9.17) is 4.74 Å². The van der Waals surface area contributed by atoms with Crippen LogP contribution in [-0.2, 0) is 14.4 Å². The molecular formula is C20H20FN3O4. The van der Waals surface area contributed by atoms with Crippen LogP contribution < -0.4 is 15.4 Å². The summed E-state index contributed by atoms with van der Waals surface area (Å²) in [7, 11) is 0. The van der Waals surface area contributed by atoms with Gasteiger partial charge in [0.25, 0.3) is 5.91 Å². The highest BCUT2D eigenvalue weighted by atomic mass is 19.1. The van der Waals surface area contributed by atoms with Gasteiger partial charge in [0.2, 0.25) is 11.8 Å². The summed E-state index contributed by atoms with van der Waals surface area (Å²) in [5, 5.41) is 5.42. The number of anilines is 2. The summed E-state index contributed by atoms with van der Waals surface area (Å²) in [6.07, 6.45) is 0. The van der Waals surface area contributed by atoms with Gasteiger partial charge in [-0.3, -0.25) is 14.4 Å². The standard InChI is InChI=1S/C20H20FN3O4/c1-13(25)22-15-5-4-6-16(9-15)23-20(27)14-10-24(11-14)19(26)12-28-18-8-3-2-7-17(18)21/h2-9,14H,10-12H2,1H3,(H,22,25)(H,23,27). The molecule has 0 radical (unpaired) electrons. The lowest BCUT2D eigenvalue weighted by molar-refractivity contribution is -0.143. The minimum Gasteiger partial charge on any atom is -0.481 e. The van der Waals surface area contributed by atoms with Crippen molar-refractivity contribution in [2.45, 2.75) is 6.92 Å². The molecule has 1 saturated heterocycles. The fraction of sp³-hybridized carbons (Fsp3) is 0.250. The van der Waals surface area contributed by atoms with E-state index >= 15 is 0 Å². The van der Waals surface area contributed by atoms with Crippen molar-refractivity contribution in [3.8, 4) is 5.75 Å². The predicted octanol–water partition coefficient (Wildman–Crippen LogP) is 2.26. The van der Waals surface area contributed by atoms with Gasteiger partial charge in [-0.05, 0) is 30.3 Å². The monoisotopic (exact) mass is 385 g/mol. The summed E-state index contributed by atoms with van der Waals surface area (Å²) >= 11 is 0. The lowest BCUT2D eigenvalue weighted by Gasteiger charge is -2.38. The van der Waals surface area contributed by atoms with Crippen LogP contribution in [0.4, 0.5) is 15.8 Å². The van der Waals surface area contributed by atoms with E-state index < -0.39 is 5.82 Å². The molecule has 0 aromatic heterocycles. The molecule has 0 bridgehead atoms. The first-order chi connectivity index (χ1) is 13.4. The van der Waals surface area contributed by atoms with Gasteiger partial charge in [-0.25, -0.2) is 4.39 Å². The van der Waals surface area contributed by atoms with Gasteiger partial charge in [0.1, 0.15) is 0 Å². The van der Waals surface area contributed by atoms with E-state index in [-0.39, 0.29) is 49.1 Å². The zero-order valence-electron chi connectivity index (χ0n) is 15.3. The third-order valence-electron chi connectivity index (χ3n) is 4.24. The molecule has 1 aliphatic heterocycles.